The van der Waals surface area contributed by atoms with Crippen LogP contribution in [0.25, 0.3) is 0 Å². The molecule has 0 aromatic heterocycles. The third-order valence-corrected chi connectivity index (χ3v) is 3.94. The third kappa shape index (κ3) is 3.39. The molecule has 2 rings (SSSR count). The summed E-state index contributed by atoms with van der Waals surface area (Å²) in [6, 6.07) is 7.83. The summed E-state index contributed by atoms with van der Waals surface area (Å²) in [7, 11) is 0. The number of nitrogens with zero attached hydrogens (tertiary/aromatic N) is 1. The number of phenols is 1. The van der Waals surface area contributed by atoms with E-state index in [0.717, 1.165) is 12.2 Å². The van der Waals surface area contributed by atoms with Crippen molar-refractivity contribution in [2.24, 2.45) is 5.92 Å². The predicted octanol–water partition coefficient (Wildman–Crippen LogP) is 2.92. The molecule has 1 saturated heterocycles. The molecule has 2 atom stereocenters. The van der Waals surface area contributed by atoms with Crippen molar-refractivity contribution in [2.75, 3.05) is 25.0 Å². The highest BCUT2D eigenvalue weighted by molar-refractivity contribution is 5.48. The number of hydrogen-bond donors (Lipinski definition) is 2. The van der Waals surface area contributed by atoms with Gasteiger partial charge < -0.3 is 15.3 Å². The van der Waals surface area contributed by atoms with Crippen LogP contribution < -0.4 is 5.32 Å². The van der Waals surface area contributed by atoms with Crippen LogP contribution in [-0.2, 0) is 0 Å². The average Bonchev–Trinajstić information content (AvgIpc) is 2.39. The van der Waals surface area contributed by atoms with Crippen molar-refractivity contribution >= 4 is 5.69 Å². The molecule has 0 bridgehead atoms. The van der Waals surface area contributed by atoms with E-state index in [1.165, 1.54) is 25.9 Å². The second-order valence-corrected chi connectivity index (χ2v) is 5.28. The summed E-state index contributed by atoms with van der Waals surface area (Å²) in [5, 5.41) is 13.0. The molecule has 1 aliphatic rings. The molecule has 2 unspecified atom stereocenters. The Balaban J connectivity index is 1.93. The minimum atomic E-state index is 0.325. The van der Waals surface area contributed by atoms with Crippen LogP contribution >= 0.6 is 0 Å². The second-order valence-electron chi connectivity index (χ2n) is 5.28. The van der Waals surface area contributed by atoms with E-state index in [4.69, 9.17) is 0 Å². The van der Waals surface area contributed by atoms with Crippen molar-refractivity contribution in [2.45, 2.75) is 32.7 Å². The van der Waals surface area contributed by atoms with E-state index in [0.29, 0.717) is 17.7 Å². The number of benzene rings is 1. The average molecular weight is 248 g/mol. The van der Waals surface area contributed by atoms with Crippen LogP contribution in [0.1, 0.15) is 26.7 Å². The fraction of sp³-hybridized carbons (Fsp3) is 0.600. The summed E-state index contributed by atoms with van der Waals surface area (Å²) in [6.07, 6.45) is 2.59. The summed E-state index contributed by atoms with van der Waals surface area (Å²) in [6.45, 7) is 8.05. The molecule has 1 aromatic rings. The number of nitrogens with one attached hydrogen (secondary N) is 1. The summed E-state index contributed by atoms with van der Waals surface area (Å²) in [5.41, 5.74) is 1.01. The first-order chi connectivity index (χ1) is 8.69. The van der Waals surface area contributed by atoms with Gasteiger partial charge in [-0.3, -0.25) is 0 Å². The standard InChI is InChI=1S/C15H24N2O/c1-3-17-9-5-6-13(11-17)12(2)16-14-7-4-8-15(18)10-14/h4,7-8,10,12-13,16,18H,3,5-6,9,11H2,1-2H3. The van der Waals surface area contributed by atoms with E-state index in [1.54, 1.807) is 12.1 Å². The Morgan fingerprint density at radius 2 is 2.33 bits per heavy atom. The minimum Gasteiger partial charge on any atom is -0.508 e. The number of likely N-dealkylation sites (tertiary alicyclic amines) is 1. The van der Waals surface area contributed by atoms with Crippen molar-refractivity contribution in [3.05, 3.63) is 24.3 Å². The highest BCUT2D eigenvalue weighted by Crippen LogP contribution is 2.23. The maximum Gasteiger partial charge on any atom is 0.117 e. The monoisotopic (exact) mass is 248 g/mol. The summed E-state index contributed by atoms with van der Waals surface area (Å²) >= 11 is 0. The lowest BCUT2D eigenvalue weighted by Crippen LogP contribution is -2.41. The van der Waals surface area contributed by atoms with E-state index in [9.17, 15) is 5.11 Å². The zero-order valence-corrected chi connectivity index (χ0v) is 11.4. The maximum absolute atomic E-state index is 9.47. The number of rotatable bonds is 4. The highest BCUT2D eigenvalue weighted by atomic mass is 16.3. The fourth-order valence-electron chi connectivity index (χ4n) is 2.76. The van der Waals surface area contributed by atoms with Gasteiger partial charge in [0.2, 0.25) is 0 Å². The maximum atomic E-state index is 9.47. The van der Waals surface area contributed by atoms with Gasteiger partial charge in [0.1, 0.15) is 5.75 Å². The van der Waals surface area contributed by atoms with Gasteiger partial charge in [0.05, 0.1) is 0 Å². The van der Waals surface area contributed by atoms with Crippen LogP contribution in [0, 0.1) is 5.92 Å². The van der Waals surface area contributed by atoms with Crippen LogP contribution in [0.15, 0.2) is 24.3 Å². The third-order valence-electron chi connectivity index (χ3n) is 3.94. The number of anilines is 1. The molecular formula is C15H24N2O. The Morgan fingerprint density at radius 3 is 3.06 bits per heavy atom. The molecule has 0 saturated carbocycles. The van der Waals surface area contributed by atoms with Gasteiger partial charge in [-0.15, -0.1) is 0 Å². The lowest BCUT2D eigenvalue weighted by atomic mass is 9.91. The normalized spacial score (nSPS) is 22.7. The SMILES string of the molecule is CCN1CCCC(C(C)Nc2cccc(O)c2)C1. The zero-order chi connectivity index (χ0) is 13.0. The second kappa shape index (κ2) is 6.10. The lowest BCUT2D eigenvalue weighted by Gasteiger charge is -2.35. The quantitative estimate of drug-likeness (QED) is 0.860. The summed E-state index contributed by atoms with van der Waals surface area (Å²) in [4.78, 5) is 2.52. The van der Waals surface area contributed by atoms with Gasteiger partial charge in [-0.2, -0.15) is 0 Å². The van der Waals surface area contributed by atoms with E-state index in [1.807, 2.05) is 12.1 Å². The van der Waals surface area contributed by atoms with Crippen molar-refractivity contribution in [1.82, 2.24) is 4.90 Å². The van der Waals surface area contributed by atoms with E-state index in [2.05, 4.69) is 24.1 Å². The Morgan fingerprint density at radius 1 is 1.50 bits per heavy atom. The van der Waals surface area contributed by atoms with Gasteiger partial charge in [-0.05, 0) is 50.9 Å². The molecule has 2 N–H and O–H groups in total. The van der Waals surface area contributed by atoms with Gasteiger partial charge in [-0.25, -0.2) is 0 Å². The molecule has 0 spiro atoms. The van der Waals surface area contributed by atoms with Crippen LogP contribution in [-0.4, -0.2) is 35.7 Å². The van der Waals surface area contributed by atoms with Crippen LogP contribution in [0.2, 0.25) is 0 Å². The van der Waals surface area contributed by atoms with E-state index >= 15 is 0 Å². The zero-order valence-electron chi connectivity index (χ0n) is 11.4. The first-order valence-electron chi connectivity index (χ1n) is 6.97. The molecular weight excluding hydrogens is 224 g/mol. The largest absolute Gasteiger partial charge is 0.508 e. The van der Waals surface area contributed by atoms with E-state index in [-0.39, 0.29) is 0 Å². The molecule has 100 valence electrons. The summed E-state index contributed by atoms with van der Waals surface area (Å²) in [5.74, 6) is 1.02. The van der Waals surface area contributed by atoms with Gasteiger partial charge >= 0.3 is 0 Å². The molecule has 1 aromatic carbocycles. The molecule has 3 nitrogen and oxygen atoms in total. The van der Waals surface area contributed by atoms with Crippen molar-refractivity contribution < 1.29 is 5.11 Å². The topological polar surface area (TPSA) is 35.5 Å². The first-order valence-corrected chi connectivity index (χ1v) is 6.97. The Kier molecular flexibility index (Phi) is 4.48. The molecule has 18 heavy (non-hydrogen) atoms. The highest BCUT2D eigenvalue weighted by Gasteiger charge is 2.23. The molecule has 0 radical (unpaired) electrons. The fourth-order valence-corrected chi connectivity index (χ4v) is 2.76. The van der Waals surface area contributed by atoms with Crippen molar-refractivity contribution in [3.8, 4) is 5.75 Å². The first kappa shape index (κ1) is 13.2. The number of piperidine rings is 1. The Hall–Kier alpha value is -1.22. The lowest BCUT2D eigenvalue weighted by molar-refractivity contribution is 0.172. The van der Waals surface area contributed by atoms with E-state index < -0.39 is 0 Å². The van der Waals surface area contributed by atoms with Crippen LogP contribution in [0.3, 0.4) is 0 Å². The van der Waals surface area contributed by atoms with Gasteiger partial charge in [0.25, 0.3) is 0 Å². The molecule has 1 aliphatic heterocycles. The van der Waals surface area contributed by atoms with Crippen LogP contribution in [0.4, 0.5) is 5.69 Å². The molecule has 3 heteroatoms. The predicted molar refractivity (Wildman–Crippen MR) is 76.0 cm³/mol. The summed E-state index contributed by atoms with van der Waals surface area (Å²) < 4.78 is 0. The van der Waals surface area contributed by atoms with Crippen molar-refractivity contribution in [3.63, 3.8) is 0 Å². The van der Waals surface area contributed by atoms with Crippen LogP contribution in [0.5, 0.6) is 5.75 Å². The van der Waals surface area contributed by atoms with Gasteiger partial charge in [0.15, 0.2) is 0 Å². The molecule has 1 heterocycles. The number of hydrogen-bond acceptors (Lipinski definition) is 3. The minimum absolute atomic E-state index is 0.325. The number of phenolic OH excluding ortho intramolecular Hbond substituents is 1. The molecule has 0 amide bonds. The Bertz CT molecular complexity index is 381. The van der Waals surface area contributed by atoms with Gasteiger partial charge in [-0.1, -0.05) is 13.0 Å². The molecule has 0 aliphatic carbocycles. The number of aromatic hydroxyl groups is 1. The smallest absolute Gasteiger partial charge is 0.117 e. The molecule has 1 fully saturated rings. The van der Waals surface area contributed by atoms with Gasteiger partial charge in [0, 0.05) is 24.3 Å². The Labute approximate surface area is 110 Å². The van der Waals surface area contributed by atoms with Crippen molar-refractivity contribution in [1.29, 1.82) is 0 Å².